The number of aromatic nitrogens is 4. The van der Waals surface area contributed by atoms with Crippen molar-refractivity contribution in [2.45, 2.75) is 19.3 Å². The second-order valence-corrected chi connectivity index (χ2v) is 13.9. The molecule has 0 N–H and O–H groups in total. The SMILES string of the molecule is CC1(C)c2cc(C#N)ccc2-c2ccc(-c3cc(-c4ccc(-c5ccncc5)cc4)cc(-c4nc(-c5ccccc5)nc(-c5ccccc5)n4)c3)cc21. The minimum absolute atomic E-state index is 0.264. The zero-order chi connectivity index (χ0) is 35.9. The Balaban J connectivity index is 1.22. The van der Waals surface area contributed by atoms with E-state index in [-0.39, 0.29) is 5.41 Å². The Hall–Kier alpha value is -7.03. The van der Waals surface area contributed by atoms with Crippen LogP contribution in [0.2, 0.25) is 0 Å². The van der Waals surface area contributed by atoms with Crippen LogP contribution in [0.1, 0.15) is 30.5 Å². The normalized spacial score (nSPS) is 12.5. The van der Waals surface area contributed by atoms with Gasteiger partial charge in [0.1, 0.15) is 0 Å². The van der Waals surface area contributed by atoms with Gasteiger partial charge in [-0.1, -0.05) is 117 Å². The fourth-order valence-corrected chi connectivity index (χ4v) is 7.41. The molecule has 9 rings (SSSR count). The highest BCUT2D eigenvalue weighted by Crippen LogP contribution is 2.50. The Labute approximate surface area is 309 Å². The lowest BCUT2D eigenvalue weighted by Crippen LogP contribution is -2.15. The van der Waals surface area contributed by atoms with E-state index in [0.29, 0.717) is 23.0 Å². The summed E-state index contributed by atoms with van der Waals surface area (Å²) in [6, 6.07) is 54.6. The van der Waals surface area contributed by atoms with E-state index < -0.39 is 0 Å². The van der Waals surface area contributed by atoms with Crippen molar-refractivity contribution in [3.8, 4) is 84.7 Å². The molecule has 0 saturated carbocycles. The van der Waals surface area contributed by atoms with Gasteiger partial charge in [0, 0.05) is 34.5 Å². The molecule has 2 aromatic heterocycles. The Morgan fingerprint density at radius 3 is 1.45 bits per heavy atom. The van der Waals surface area contributed by atoms with Crippen molar-refractivity contribution in [3.63, 3.8) is 0 Å². The van der Waals surface area contributed by atoms with E-state index in [1.807, 2.05) is 97.3 Å². The summed E-state index contributed by atoms with van der Waals surface area (Å²) in [7, 11) is 0. The van der Waals surface area contributed by atoms with E-state index in [2.05, 4.69) is 91.6 Å². The zero-order valence-corrected chi connectivity index (χ0v) is 29.3. The smallest absolute Gasteiger partial charge is 0.164 e. The summed E-state index contributed by atoms with van der Waals surface area (Å²) in [6.45, 7) is 4.49. The quantitative estimate of drug-likeness (QED) is 0.175. The van der Waals surface area contributed by atoms with Crippen LogP contribution >= 0.6 is 0 Å². The fourth-order valence-electron chi connectivity index (χ4n) is 7.41. The lowest BCUT2D eigenvalue weighted by Gasteiger charge is -2.22. The number of hydrogen-bond donors (Lipinski definition) is 0. The molecule has 0 atom stereocenters. The van der Waals surface area contributed by atoms with E-state index in [0.717, 1.165) is 50.1 Å². The highest BCUT2D eigenvalue weighted by Gasteiger charge is 2.36. The molecule has 0 saturated heterocycles. The minimum Gasteiger partial charge on any atom is -0.265 e. The second-order valence-electron chi connectivity index (χ2n) is 13.9. The van der Waals surface area contributed by atoms with Gasteiger partial charge < -0.3 is 0 Å². The summed E-state index contributed by atoms with van der Waals surface area (Å²) in [5.41, 5.74) is 14.5. The van der Waals surface area contributed by atoms with Crippen molar-refractivity contribution in [1.82, 2.24) is 19.9 Å². The molecule has 1 aliphatic carbocycles. The topological polar surface area (TPSA) is 75.3 Å². The molecule has 0 amide bonds. The predicted octanol–water partition coefficient (Wildman–Crippen LogP) is 11.4. The third-order valence-electron chi connectivity index (χ3n) is 10.3. The number of hydrogen-bond acceptors (Lipinski definition) is 5. The van der Waals surface area contributed by atoms with Crippen LogP contribution in [0.15, 0.2) is 164 Å². The van der Waals surface area contributed by atoms with Gasteiger partial charge in [0.25, 0.3) is 0 Å². The van der Waals surface area contributed by atoms with E-state index in [4.69, 9.17) is 15.0 Å². The molecule has 6 aromatic carbocycles. The van der Waals surface area contributed by atoms with Crippen molar-refractivity contribution >= 4 is 0 Å². The maximum atomic E-state index is 9.66. The highest BCUT2D eigenvalue weighted by atomic mass is 15.0. The summed E-state index contributed by atoms with van der Waals surface area (Å²) >= 11 is 0. The lowest BCUT2D eigenvalue weighted by molar-refractivity contribution is 0.660. The maximum absolute atomic E-state index is 9.66. The van der Waals surface area contributed by atoms with Crippen LogP contribution in [0.5, 0.6) is 0 Å². The Kier molecular flexibility index (Phi) is 7.79. The van der Waals surface area contributed by atoms with Crippen LogP contribution in [0, 0.1) is 11.3 Å². The third kappa shape index (κ3) is 5.87. The minimum atomic E-state index is -0.264. The molecular formula is C48H33N5. The van der Waals surface area contributed by atoms with Crippen LogP contribution in [0.3, 0.4) is 0 Å². The third-order valence-corrected chi connectivity index (χ3v) is 10.3. The monoisotopic (exact) mass is 679 g/mol. The second kappa shape index (κ2) is 12.9. The molecule has 8 aromatic rings. The molecule has 1 aliphatic rings. The first-order valence-corrected chi connectivity index (χ1v) is 17.7. The van der Waals surface area contributed by atoms with Crippen molar-refractivity contribution in [1.29, 1.82) is 5.26 Å². The fraction of sp³-hybridized carbons (Fsp3) is 0.0625. The van der Waals surface area contributed by atoms with E-state index >= 15 is 0 Å². The van der Waals surface area contributed by atoms with Gasteiger partial charge in [-0.3, -0.25) is 4.98 Å². The highest BCUT2D eigenvalue weighted by molar-refractivity contribution is 5.86. The molecule has 53 heavy (non-hydrogen) atoms. The van der Waals surface area contributed by atoms with Crippen LogP contribution in [-0.2, 0) is 5.41 Å². The molecule has 5 nitrogen and oxygen atoms in total. The molecule has 5 heteroatoms. The number of nitriles is 1. The van der Waals surface area contributed by atoms with Gasteiger partial charge >= 0.3 is 0 Å². The van der Waals surface area contributed by atoms with Crippen LogP contribution in [-0.4, -0.2) is 19.9 Å². The number of pyridine rings is 1. The standard InChI is InChI=1S/C48H33N5/c1-48(2)43-25-31(30-49)13-19-41(43)42-20-18-37(29-44(42)48)39-26-38(33-16-14-32(15-17-33)34-21-23-50-24-22-34)27-40(28-39)47-52-45(35-9-5-3-6-10-35)51-46(53-47)36-11-7-4-8-12-36/h3-29H,1-2H3. The molecule has 0 fully saturated rings. The Morgan fingerprint density at radius 1 is 0.415 bits per heavy atom. The van der Waals surface area contributed by atoms with E-state index in [1.165, 1.54) is 22.3 Å². The zero-order valence-electron chi connectivity index (χ0n) is 29.3. The number of nitrogens with zero attached hydrogens (tertiary/aromatic N) is 5. The van der Waals surface area contributed by atoms with Gasteiger partial charge in [-0.25, -0.2) is 15.0 Å². The number of benzene rings is 6. The van der Waals surface area contributed by atoms with Gasteiger partial charge in [-0.05, 0) is 104 Å². The summed E-state index contributed by atoms with van der Waals surface area (Å²) in [5, 5.41) is 9.66. The first-order chi connectivity index (χ1) is 25.9. The van der Waals surface area contributed by atoms with E-state index in [1.54, 1.807) is 0 Å². The predicted molar refractivity (Wildman–Crippen MR) is 213 cm³/mol. The van der Waals surface area contributed by atoms with Crippen LogP contribution in [0.25, 0.3) is 78.7 Å². The first-order valence-electron chi connectivity index (χ1n) is 17.7. The lowest BCUT2D eigenvalue weighted by atomic mass is 9.81. The van der Waals surface area contributed by atoms with Crippen LogP contribution in [0.4, 0.5) is 0 Å². The average Bonchev–Trinajstić information content (AvgIpc) is 3.46. The molecule has 0 unspecified atom stereocenters. The van der Waals surface area contributed by atoms with Gasteiger partial charge in [-0.15, -0.1) is 0 Å². The molecule has 0 radical (unpaired) electrons. The molecule has 2 heterocycles. The van der Waals surface area contributed by atoms with Crippen molar-refractivity contribution in [2.75, 3.05) is 0 Å². The van der Waals surface area contributed by atoms with Crippen LogP contribution < -0.4 is 0 Å². The van der Waals surface area contributed by atoms with Gasteiger partial charge in [-0.2, -0.15) is 5.26 Å². The Bertz CT molecular complexity index is 2620. The molecule has 0 aliphatic heterocycles. The number of rotatable bonds is 6. The summed E-state index contributed by atoms with van der Waals surface area (Å²) < 4.78 is 0. The summed E-state index contributed by atoms with van der Waals surface area (Å²) in [4.78, 5) is 19.3. The number of fused-ring (bicyclic) bond motifs is 3. The maximum Gasteiger partial charge on any atom is 0.164 e. The molecule has 0 bridgehead atoms. The van der Waals surface area contributed by atoms with Gasteiger partial charge in [0.05, 0.1) is 11.6 Å². The van der Waals surface area contributed by atoms with Crippen molar-refractivity contribution in [3.05, 3.63) is 181 Å². The van der Waals surface area contributed by atoms with Crippen molar-refractivity contribution < 1.29 is 0 Å². The first kappa shape index (κ1) is 31.9. The molecule has 250 valence electrons. The van der Waals surface area contributed by atoms with Gasteiger partial charge in [0.2, 0.25) is 0 Å². The molecular weight excluding hydrogens is 647 g/mol. The van der Waals surface area contributed by atoms with Crippen molar-refractivity contribution in [2.24, 2.45) is 0 Å². The van der Waals surface area contributed by atoms with Gasteiger partial charge in [0.15, 0.2) is 17.5 Å². The molecule has 0 spiro atoms. The average molecular weight is 680 g/mol. The summed E-state index contributed by atoms with van der Waals surface area (Å²) in [6.07, 6.45) is 3.64. The Morgan fingerprint density at radius 2 is 0.868 bits per heavy atom. The summed E-state index contributed by atoms with van der Waals surface area (Å²) in [5.74, 6) is 1.85. The largest absolute Gasteiger partial charge is 0.265 e. The van der Waals surface area contributed by atoms with E-state index in [9.17, 15) is 5.26 Å².